The van der Waals surface area contributed by atoms with Gasteiger partial charge in [0, 0.05) is 31.0 Å². The number of rotatable bonds is 11. The quantitative estimate of drug-likeness (QED) is 0.256. The third kappa shape index (κ3) is 6.33. The fourth-order valence-electron chi connectivity index (χ4n) is 3.41. The van der Waals surface area contributed by atoms with Gasteiger partial charge in [-0.3, -0.25) is 4.79 Å². The van der Waals surface area contributed by atoms with Crippen molar-refractivity contribution in [2.45, 2.75) is 26.7 Å². The van der Waals surface area contributed by atoms with E-state index in [1.54, 1.807) is 17.9 Å². The van der Waals surface area contributed by atoms with Crippen LogP contribution in [0.4, 0.5) is 0 Å². The number of unbranched alkanes of at least 4 members (excludes halogenated alkanes) is 1. The Labute approximate surface area is 200 Å². The van der Waals surface area contributed by atoms with Gasteiger partial charge >= 0.3 is 0 Å². The predicted molar refractivity (Wildman–Crippen MR) is 133 cm³/mol. The topological polar surface area (TPSA) is 89.2 Å². The van der Waals surface area contributed by atoms with E-state index in [1.165, 1.54) is 0 Å². The van der Waals surface area contributed by atoms with Crippen molar-refractivity contribution < 1.29 is 14.3 Å². The molecule has 176 valence electrons. The number of carbonyl (C=O) groups excluding carboxylic acids is 1. The minimum Gasteiger partial charge on any atom is -0.494 e. The highest BCUT2D eigenvalue weighted by molar-refractivity contribution is 6.02. The van der Waals surface area contributed by atoms with Gasteiger partial charge in [0.2, 0.25) is 0 Å². The number of aromatic nitrogens is 2. The molecule has 0 aliphatic heterocycles. The Kier molecular flexibility index (Phi) is 9.01. The lowest BCUT2D eigenvalue weighted by Gasteiger charge is -2.10. The normalized spacial score (nSPS) is 11.2. The summed E-state index contributed by atoms with van der Waals surface area (Å²) in [6.45, 7) is 5.50. The first-order chi connectivity index (χ1) is 16.6. The lowest BCUT2D eigenvalue weighted by Crippen LogP contribution is -2.27. The standard InChI is InChI=1S/C27H30N4O3/c1-4-5-14-34-24-11-12-25(20(2)16-24)26-22(17-21(18-28)27(32)29-13-15-33-3)19-31(30-26)23-9-7-6-8-10-23/h6-12,16-17,19H,4-5,13-15H2,1-3H3,(H,29,32). The predicted octanol–water partition coefficient (Wildman–Crippen LogP) is 4.70. The maximum absolute atomic E-state index is 12.5. The molecule has 0 radical (unpaired) electrons. The summed E-state index contributed by atoms with van der Waals surface area (Å²) < 4.78 is 12.6. The average molecular weight is 459 g/mol. The van der Waals surface area contributed by atoms with E-state index in [9.17, 15) is 10.1 Å². The number of nitrogens with zero attached hydrogens (tertiary/aromatic N) is 3. The molecule has 0 spiro atoms. The summed E-state index contributed by atoms with van der Waals surface area (Å²) in [5.74, 6) is 0.360. The third-order valence-electron chi connectivity index (χ3n) is 5.24. The molecule has 3 rings (SSSR count). The molecule has 0 aliphatic carbocycles. The van der Waals surface area contributed by atoms with E-state index in [2.05, 4.69) is 12.2 Å². The molecular formula is C27H30N4O3. The second-order valence-electron chi connectivity index (χ2n) is 7.81. The Morgan fingerprint density at radius 2 is 2.00 bits per heavy atom. The Morgan fingerprint density at radius 1 is 1.21 bits per heavy atom. The number of nitriles is 1. The van der Waals surface area contributed by atoms with Crippen LogP contribution >= 0.6 is 0 Å². The molecule has 3 aromatic rings. The zero-order valence-electron chi connectivity index (χ0n) is 19.9. The van der Waals surface area contributed by atoms with Crippen LogP contribution in [0.3, 0.4) is 0 Å². The average Bonchev–Trinajstić information content (AvgIpc) is 3.27. The second-order valence-corrected chi connectivity index (χ2v) is 7.81. The van der Waals surface area contributed by atoms with Crippen LogP contribution in [0.5, 0.6) is 5.75 Å². The number of benzene rings is 2. The van der Waals surface area contributed by atoms with Crippen LogP contribution in [0.15, 0.2) is 60.3 Å². The zero-order valence-corrected chi connectivity index (χ0v) is 19.9. The Bertz CT molecular complexity index is 1180. The van der Waals surface area contributed by atoms with Crippen LogP contribution in [0.2, 0.25) is 0 Å². The van der Waals surface area contributed by atoms with Crippen molar-refractivity contribution in [1.29, 1.82) is 5.26 Å². The minimum absolute atomic E-state index is 0.00198. The van der Waals surface area contributed by atoms with E-state index in [-0.39, 0.29) is 5.57 Å². The van der Waals surface area contributed by atoms with Crippen molar-refractivity contribution in [3.05, 3.63) is 71.4 Å². The van der Waals surface area contributed by atoms with Crippen LogP contribution in [0.1, 0.15) is 30.9 Å². The fourth-order valence-corrected chi connectivity index (χ4v) is 3.41. The molecule has 0 bridgehead atoms. The van der Waals surface area contributed by atoms with E-state index in [0.29, 0.717) is 31.0 Å². The number of hydrogen-bond donors (Lipinski definition) is 1. The summed E-state index contributed by atoms with van der Waals surface area (Å²) in [4.78, 5) is 12.5. The summed E-state index contributed by atoms with van der Waals surface area (Å²) in [6, 6.07) is 17.6. The highest BCUT2D eigenvalue weighted by Crippen LogP contribution is 2.30. The van der Waals surface area contributed by atoms with Crippen molar-refractivity contribution in [3.63, 3.8) is 0 Å². The Morgan fingerprint density at radius 3 is 2.68 bits per heavy atom. The van der Waals surface area contributed by atoms with Crippen molar-refractivity contribution >= 4 is 12.0 Å². The van der Waals surface area contributed by atoms with Crippen LogP contribution < -0.4 is 10.1 Å². The summed E-state index contributed by atoms with van der Waals surface area (Å²) in [5, 5.41) is 17.1. The molecule has 1 N–H and O–H groups in total. The van der Waals surface area contributed by atoms with E-state index in [1.807, 2.05) is 67.7 Å². The molecule has 0 saturated heterocycles. The zero-order chi connectivity index (χ0) is 24.3. The third-order valence-corrected chi connectivity index (χ3v) is 5.24. The molecular weight excluding hydrogens is 428 g/mol. The summed E-state index contributed by atoms with van der Waals surface area (Å²) >= 11 is 0. The lowest BCUT2D eigenvalue weighted by atomic mass is 10.0. The molecule has 0 aliphatic rings. The molecule has 0 unspecified atom stereocenters. The SMILES string of the molecule is CCCCOc1ccc(-c2nn(-c3ccccc3)cc2C=C(C#N)C(=O)NCCOC)c(C)c1. The second kappa shape index (κ2) is 12.4. The highest BCUT2D eigenvalue weighted by atomic mass is 16.5. The summed E-state index contributed by atoms with van der Waals surface area (Å²) in [5.41, 5.74) is 4.13. The molecule has 0 fully saturated rings. The molecule has 1 amide bonds. The number of nitrogens with one attached hydrogen (secondary N) is 1. The lowest BCUT2D eigenvalue weighted by molar-refractivity contribution is -0.117. The van der Waals surface area contributed by atoms with Crippen LogP contribution in [-0.2, 0) is 9.53 Å². The molecule has 1 heterocycles. The molecule has 0 saturated carbocycles. The van der Waals surface area contributed by atoms with Crippen LogP contribution in [0.25, 0.3) is 23.0 Å². The molecule has 2 aromatic carbocycles. The molecule has 7 nitrogen and oxygen atoms in total. The van der Waals surface area contributed by atoms with Gasteiger partial charge in [-0.05, 0) is 55.3 Å². The number of para-hydroxylation sites is 1. The number of aryl methyl sites for hydroxylation is 1. The minimum atomic E-state index is -0.450. The van der Waals surface area contributed by atoms with Crippen molar-refractivity contribution in [2.75, 3.05) is 26.9 Å². The number of hydrogen-bond acceptors (Lipinski definition) is 5. The van der Waals surface area contributed by atoms with Gasteiger partial charge in [-0.25, -0.2) is 4.68 Å². The van der Waals surface area contributed by atoms with Crippen molar-refractivity contribution in [2.24, 2.45) is 0 Å². The van der Waals surface area contributed by atoms with Gasteiger partial charge in [0.05, 0.1) is 18.9 Å². The molecule has 34 heavy (non-hydrogen) atoms. The van der Waals surface area contributed by atoms with Gasteiger partial charge in [0.1, 0.15) is 23.1 Å². The Balaban J connectivity index is 2.02. The van der Waals surface area contributed by atoms with Gasteiger partial charge in [-0.2, -0.15) is 10.4 Å². The van der Waals surface area contributed by atoms with Gasteiger partial charge in [0.15, 0.2) is 0 Å². The maximum atomic E-state index is 12.5. The first-order valence-corrected chi connectivity index (χ1v) is 11.3. The fraction of sp³-hybridized carbons (Fsp3) is 0.296. The summed E-state index contributed by atoms with van der Waals surface area (Å²) in [6.07, 6.45) is 5.48. The largest absolute Gasteiger partial charge is 0.494 e. The van der Waals surface area contributed by atoms with Gasteiger partial charge < -0.3 is 14.8 Å². The van der Waals surface area contributed by atoms with Crippen LogP contribution in [-0.4, -0.2) is 42.6 Å². The van der Waals surface area contributed by atoms with Crippen LogP contribution in [0, 0.1) is 18.3 Å². The van der Waals surface area contributed by atoms with E-state index < -0.39 is 5.91 Å². The van der Waals surface area contributed by atoms with Gasteiger partial charge in [0.25, 0.3) is 5.91 Å². The van der Waals surface area contributed by atoms with E-state index in [4.69, 9.17) is 14.6 Å². The van der Waals surface area contributed by atoms with E-state index in [0.717, 1.165) is 35.4 Å². The molecule has 7 heteroatoms. The van der Waals surface area contributed by atoms with E-state index >= 15 is 0 Å². The highest BCUT2D eigenvalue weighted by Gasteiger charge is 2.16. The van der Waals surface area contributed by atoms with Gasteiger partial charge in [-0.15, -0.1) is 0 Å². The maximum Gasteiger partial charge on any atom is 0.262 e. The number of methoxy groups -OCH3 is 1. The molecule has 1 aromatic heterocycles. The van der Waals surface area contributed by atoms with Gasteiger partial charge in [-0.1, -0.05) is 31.5 Å². The smallest absolute Gasteiger partial charge is 0.262 e. The Hall–Kier alpha value is -3.89. The first-order valence-electron chi connectivity index (χ1n) is 11.3. The first kappa shape index (κ1) is 24.7. The monoisotopic (exact) mass is 458 g/mol. The number of ether oxygens (including phenoxy) is 2. The number of amides is 1. The molecule has 0 atom stereocenters. The summed E-state index contributed by atoms with van der Waals surface area (Å²) in [7, 11) is 1.56. The van der Waals surface area contributed by atoms with Crippen molar-refractivity contribution in [1.82, 2.24) is 15.1 Å². The number of carbonyl (C=O) groups is 1. The van der Waals surface area contributed by atoms with Crippen molar-refractivity contribution in [3.8, 4) is 28.8 Å².